The molecule has 0 spiro atoms. The van der Waals surface area contributed by atoms with Gasteiger partial charge in [-0.1, -0.05) is 59.3 Å². The lowest BCUT2D eigenvalue weighted by Crippen LogP contribution is -2.31. The number of hydrogen-bond donors (Lipinski definition) is 1. The van der Waals surface area contributed by atoms with Gasteiger partial charge in [0, 0.05) is 0 Å². The zero-order valence-electron chi connectivity index (χ0n) is 12.5. The van der Waals surface area contributed by atoms with Gasteiger partial charge in [0.05, 0.1) is 6.61 Å². The maximum absolute atomic E-state index is 11.7. The van der Waals surface area contributed by atoms with E-state index < -0.39 is 17.9 Å². The standard InChI is InChI=1S/C15H28O4/c1-4-6-7-8-9-10-11-19-15(18)13(14(16)17)12(3)5-2/h12-13H,4-11H2,1-3H3,(H,16,17). The monoisotopic (exact) mass is 272 g/mol. The molecule has 4 heteroatoms. The molecule has 1 N–H and O–H groups in total. The second-order valence-electron chi connectivity index (χ2n) is 5.14. The van der Waals surface area contributed by atoms with Crippen LogP contribution < -0.4 is 0 Å². The SMILES string of the molecule is CCCCCCCCOC(=O)C(C(=O)O)C(C)CC. The average molecular weight is 272 g/mol. The zero-order valence-corrected chi connectivity index (χ0v) is 12.5. The van der Waals surface area contributed by atoms with Crippen LogP contribution in [0.3, 0.4) is 0 Å². The van der Waals surface area contributed by atoms with Crippen LogP contribution in [0.4, 0.5) is 0 Å². The van der Waals surface area contributed by atoms with Gasteiger partial charge in [-0.15, -0.1) is 0 Å². The molecule has 0 aliphatic rings. The molecule has 0 fully saturated rings. The molecule has 0 heterocycles. The third-order valence-corrected chi connectivity index (χ3v) is 3.48. The van der Waals surface area contributed by atoms with E-state index in [1.807, 2.05) is 6.92 Å². The molecule has 0 saturated carbocycles. The van der Waals surface area contributed by atoms with Crippen LogP contribution in [0.15, 0.2) is 0 Å². The Morgan fingerprint density at radius 1 is 1.05 bits per heavy atom. The number of ether oxygens (including phenoxy) is 1. The summed E-state index contributed by atoms with van der Waals surface area (Å²) in [5.74, 6) is -2.88. The molecule has 2 unspecified atom stereocenters. The van der Waals surface area contributed by atoms with Crippen molar-refractivity contribution in [1.82, 2.24) is 0 Å². The van der Waals surface area contributed by atoms with Crippen molar-refractivity contribution in [3.8, 4) is 0 Å². The Hall–Kier alpha value is -1.06. The van der Waals surface area contributed by atoms with E-state index in [0.717, 1.165) is 19.3 Å². The van der Waals surface area contributed by atoms with Crippen LogP contribution >= 0.6 is 0 Å². The fraction of sp³-hybridized carbons (Fsp3) is 0.867. The van der Waals surface area contributed by atoms with Crippen molar-refractivity contribution in [1.29, 1.82) is 0 Å². The Morgan fingerprint density at radius 3 is 2.16 bits per heavy atom. The summed E-state index contributed by atoms with van der Waals surface area (Å²) in [6.45, 7) is 6.15. The highest BCUT2D eigenvalue weighted by molar-refractivity contribution is 5.94. The summed E-state index contributed by atoms with van der Waals surface area (Å²) >= 11 is 0. The highest BCUT2D eigenvalue weighted by Crippen LogP contribution is 2.17. The third kappa shape index (κ3) is 7.85. The van der Waals surface area contributed by atoms with Crippen LogP contribution in [0.25, 0.3) is 0 Å². The maximum atomic E-state index is 11.7. The molecule has 19 heavy (non-hydrogen) atoms. The summed E-state index contributed by atoms with van der Waals surface area (Å²) in [6.07, 6.45) is 7.34. The molecule has 0 aromatic carbocycles. The molecule has 0 aliphatic heterocycles. The van der Waals surface area contributed by atoms with Crippen molar-refractivity contribution in [3.63, 3.8) is 0 Å². The molecule has 0 aromatic rings. The minimum atomic E-state index is -1.08. The number of carboxylic acids is 1. The van der Waals surface area contributed by atoms with E-state index >= 15 is 0 Å². The largest absolute Gasteiger partial charge is 0.481 e. The molecule has 0 aliphatic carbocycles. The molecular weight excluding hydrogens is 244 g/mol. The van der Waals surface area contributed by atoms with Crippen molar-refractivity contribution in [2.24, 2.45) is 11.8 Å². The van der Waals surface area contributed by atoms with Crippen LogP contribution in [0.2, 0.25) is 0 Å². The number of rotatable bonds is 11. The van der Waals surface area contributed by atoms with E-state index in [-0.39, 0.29) is 5.92 Å². The molecule has 0 radical (unpaired) electrons. The Balaban J connectivity index is 3.85. The van der Waals surface area contributed by atoms with Crippen molar-refractivity contribution >= 4 is 11.9 Å². The number of carboxylic acid groups (broad SMARTS) is 1. The molecule has 0 rings (SSSR count). The topological polar surface area (TPSA) is 63.6 Å². The van der Waals surface area contributed by atoms with Gasteiger partial charge in [0.1, 0.15) is 0 Å². The number of unbranched alkanes of at least 4 members (excludes halogenated alkanes) is 5. The van der Waals surface area contributed by atoms with Gasteiger partial charge < -0.3 is 9.84 Å². The molecule has 0 saturated heterocycles. The quantitative estimate of drug-likeness (QED) is 0.354. The van der Waals surface area contributed by atoms with Gasteiger partial charge in [-0.3, -0.25) is 9.59 Å². The van der Waals surface area contributed by atoms with Gasteiger partial charge in [-0.2, -0.15) is 0 Å². The van der Waals surface area contributed by atoms with Gasteiger partial charge in [0.2, 0.25) is 0 Å². The number of aliphatic carboxylic acids is 1. The fourth-order valence-electron chi connectivity index (χ4n) is 1.96. The second kappa shape index (κ2) is 10.8. The van der Waals surface area contributed by atoms with Crippen LogP contribution in [0, 0.1) is 11.8 Å². The summed E-state index contributed by atoms with van der Waals surface area (Å²) in [4.78, 5) is 22.8. The molecule has 0 aromatic heterocycles. The summed E-state index contributed by atoms with van der Waals surface area (Å²) in [5, 5.41) is 9.04. The lowest BCUT2D eigenvalue weighted by atomic mass is 9.92. The van der Waals surface area contributed by atoms with E-state index in [2.05, 4.69) is 6.92 Å². The normalized spacial score (nSPS) is 13.8. The van der Waals surface area contributed by atoms with Gasteiger partial charge >= 0.3 is 11.9 Å². The predicted octanol–water partition coefficient (Wildman–Crippen LogP) is 3.64. The first-order valence-corrected chi connectivity index (χ1v) is 7.44. The first kappa shape index (κ1) is 17.9. The summed E-state index contributed by atoms with van der Waals surface area (Å²) in [7, 11) is 0. The lowest BCUT2D eigenvalue weighted by molar-refractivity contribution is -0.161. The van der Waals surface area contributed by atoms with Crippen molar-refractivity contribution < 1.29 is 19.4 Å². The van der Waals surface area contributed by atoms with Crippen molar-refractivity contribution in [3.05, 3.63) is 0 Å². The van der Waals surface area contributed by atoms with Crippen LogP contribution in [0.5, 0.6) is 0 Å². The predicted molar refractivity (Wildman–Crippen MR) is 74.9 cm³/mol. The molecular formula is C15H28O4. The zero-order chi connectivity index (χ0) is 14.7. The minimum absolute atomic E-state index is 0.186. The number of hydrogen-bond acceptors (Lipinski definition) is 3. The first-order chi connectivity index (χ1) is 9.04. The minimum Gasteiger partial charge on any atom is -0.481 e. The molecule has 2 atom stereocenters. The van der Waals surface area contributed by atoms with Crippen molar-refractivity contribution in [2.75, 3.05) is 6.61 Å². The first-order valence-electron chi connectivity index (χ1n) is 7.44. The van der Waals surface area contributed by atoms with E-state index in [9.17, 15) is 9.59 Å². The summed E-state index contributed by atoms with van der Waals surface area (Å²) in [6, 6.07) is 0. The smallest absolute Gasteiger partial charge is 0.320 e. The Bertz CT molecular complexity index is 263. The Labute approximate surface area is 116 Å². The van der Waals surface area contributed by atoms with E-state index in [1.165, 1.54) is 19.3 Å². The lowest BCUT2D eigenvalue weighted by Gasteiger charge is -2.17. The fourth-order valence-corrected chi connectivity index (χ4v) is 1.96. The molecule has 112 valence electrons. The number of carbonyl (C=O) groups is 2. The average Bonchev–Trinajstić information content (AvgIpc) is 2.37. The van der Waals surface area contributed by atoms with Crippen molar-refractivity contribution in [2.45, 2.75) is 65.7 Å². The van der Waals surface area contributed by atoms with Crippen LogP contribution in [0.1, 0.15) is 65.7 Å². The highest BCUT2D eigenvalue weighted by Gasteiger charge is 2.32. The Morgan fingerprint density at radius 2 is 1.63 bits per heavy atom. The van der Waals surface area contributed by atoms with Gasteiger partial charge in [-0.25, -0.2) is 0 Å². The van der Waals surface area contributed by atoms with E-state index in [0.29, 0.717) is 13.0 Å². The van der Waals surface area contributed by atoms with Gasteiger partial charge in [-0.05, 0) is 12.3 Å². The molecule has 4 nitrogen and oxygen atoms in total. The van der Waals surface area contributed by atoms with Crippen LogP contribution in [-0.4, -0.2) is 23.7 Å². The Kier molecular flexibility index (Phi) is 10.2. The van der Waals surface area contributed by atoms with Crippen LogP contribution in [-0.2, 0) is 14.3 Å². The van der Waals surface area contributed by atoms with Gasteiger partial charge in [0.15, 0.2) is 5.92 Å². The van der Waals surface area contributed by atoms with Gasteiger partial charge in [0.25, 0.3) is 0 Å². The highest BCUT2D eigenvalue weighted by atomic mass is 16.5. The summed E-state index contributed by atoms with van der Waals surface area (Å²) < 4.78 is 5.08. The molecule has 0 amide bonds. The van der Waals surface area contributed by atoms with E-state index in [4.69, 9.17) is 9.84 Å². The molecule has 0 bridgehead atoms. The van der Waals surface area contributed by atoms with E-state index in [1.54, 1.807) is 6.92 Å². The summed E-state index contributed by atoms with van der Waals surface area (Å²) in [5.41, 5.74) is 0. The second-order valence-corrected chi connectivity index (χ2v) is 5.14. The maximum Gasteiger partial charge on any atom is 0.320 e. The third-order valence-electron chi connectivity index (χ3n) is 3.48. The number of esters is 1. The number of carbonyl (C=O) groups excluding carboxylic acids is 1.